The first-order chi connectivity index (χ1) is 8.24. The van der Waals surface area contributed by atoms with Crippen molar-refractivity contribution < 1.29 is 0 Å². The van der Waals surface area contributed by atoms with Crippen LogP contribution in [-0.4, -0.2) is 28.5 Å². The molecule has 0 aliphatic carbocycles. The molecule has 0 saturated carbocycles. The average molecular weight is 246 g/mol. The van der Waals surface area contributed by atoms with Gasteiger partial charge in [-0.1, -0.05) is 12.1 Å². The zero-order chi connectivity index (χ0) is 12.3. The van der Waals surface area contributed by atoms with Crippen LogP contribution >= 0.6 is 11.8 Å². The molecule has 0 unspecified atom stereocenters. The first-order valence-corrected chi connectivity index (χ1v) is 6.50. The maximum absolute atomic E-state index is 4.32. The fourth-order valence-corrected chi connectivity index (χ4v) is 1.93. The Morgan fingerprint density at radius 1 is 1.12 bits per heavy atom. The molecule has 0 fully saturated rings. The molecule has 0 aliphatic heterocycles. The summed E-state index contributed by atoms with van der Waals surface area (Å²) in [5.41, 5.74) is 1.80. The van der Waals surface area contributed by atoms with Crippen molar-refractivity contribution >= 4 is 17.6 Å². The zero-order valence-corrected chi connectivity index (χ0v) is 10.9. The van der Waals surface area contributed by atoms with Crippen molar-refractivity contribution in [2.45, 2.75) is 11.8 Å². The Kier molecular flexibility index (Phi) is 3.58. The third kappa shape index (κ3) is 2.55. The van der Waals surface area contributed by atoms with Gasteiger partial charge in [0.05, 0.1) is 0 Å². The summed E-state index contributed by atoms with van der Waals surface area (Å²) < 4.78 is 0. The van der Waals surface area contributed by atoms with Crippen LogP contribution < -0.4 is 5.32 Å². The van der Waals surface area contributed by atoms with E-state index in [0.29, 0.717) is 5.82 Å². The monoisotopic (exact) mass is 246 g/mol. The molecule has 1 aromatic carbocycles. The van der Waals surface area contributed by atoms with E-state index in [9.17, 15) is 0 Å². The van der Waals surface area contributed by atoms with Crippen molar-refractivity contribution in [1.82, 2.24) is 15.2 Å². The van der Waals surface area contributed by atoms with Gasteiger partial charge in [0.25, 0.3) is 0 Å². The van der Waals surface area contributed by atoms with Gasteiger partial charge in [0.2, 0.25) is 0 Å². The summed E-state index contributed by atoms with van der Waals surface area (Å²) in [7, 11) is 1.84. The lowest BCUT2D eigenvalue weighted by molar-refractivity contribution is 0.916. The molecule has 1 N–H and O–H groups in total. The number of hydrogen-bond acceptors (Lipinski definition) is 5. The third-order valence-corrected chi connectivity index (χ3v) is 3.14. The second-order valence-electron chi connectivity index (χ2n) is 3.53. The van der Waals surface area contributed by atoms with Gasteiger partial charge in [-0.15, -0.1) is 22.0 Å². The number of aryl methyl sites for hydroxylation is 1. The van der Waals surface area contributed by atoms with Gasteiger partial charge in [-0.3, -0.25) is 0 Å². The second kappa shape index (κ2) is 5.14. The lowest BCUT2D eigenvalue weighted by Crippen LogP contribution is -2.02. The number of rotatable bonds is 3. The number of benzene rings is 1. The Morgan fingerprint density at radius 2 is 1.82 bits per heavy atom. The van der Waals surface area contributed by atoms with Gasteiger partial charge in [0.15, 0.2) is 5.82 Å². The highest BCUT2D eigenvalue weighted by atomic mass is 32.2. The lowest BCUT2D eigenvalue weighted by Gasteiger charge is -2.07. The van der Waals surface area contributed by atoms with Crippen molar-refractivity contribution in [3.63, 3.8) is 0 Å². The molecular formula is C12H14N4S. The van der Waals surface area contributed by atoms with E-state index in [1.807, 2.05) is 26.1 Å². The Labute approximate surface area is 105 Å². The van der Waals surface area contributed by atoms with E-state index < -0.39 is 0 Å². The van der Waals surface area contributed by atoms with Gasteiger partial charge in [0.1, 0.15) is 11.5 Å². The molecule has 5 heteroatoms. The Balaban J connectivity index is 2.44. The van der Waals surface area contributed by atoms with Crippen LogP contribution in [-0.2, 0) is 0 Å². The van der Waals surface area contributed by atoms with E-state index >= 15 is 0 Å². The molecule has 0 atom stereocenters. The van der Waals surface area contributed by atoms with Crippen molar-refractivity contribution in [1.29, 1.82) is 0 Å². The highest BCUT2D eigenvalue weighted by Crippen LogP contribution is 2.25. The standard InChI is InChI=1S/C12H14N4S/c1-8-14-12(13-2)11(16-15-8)9-4-6-10(17-3)7-5-9/h4-7H,1-3H3,(H,13,14,15). The van der Waals surface area contributed by atoms with Crippen molar-refractivity contribution in [2.75, 3.05) is 18.6 Å². The van der Waals surface area contributed by atoms with Gasteiger partial charge < -0.3 is 5.32 Å². The predicted octanol–water partition coefficient (Wildman–Crippen LogP) is 2.61. The van der Waals surface area contributed by atoms with Crippen molar-refractivity contribution in [2.24, 2.45) is 0 Å². The van der Waals surface area contributed by atoms with E-state index in [1.54, 1.807) is 11.8 Å². The normalized spacial score (nSPS) is 10.3. The summed E-state index contributed by atoms with van der Waals surface area (Å²) >= 11 is 1.72. The van der Waals surface area contributed by atoms with Crippen LogP contribution in [0.3, 0.4) is 0 Å². The van der Waals surface area contributed by atoms with Crippen LogP contribution in [0, 0.1) is 6.92 Å². The topological polar surface area (TPSA) is 50.7 Å². The maximum atomic E-state index is 4.32. The first kappa shape index (κ1) is 11.9. The molecule has 88 valence electrons. The quantitative estimate of drug-likeness (QED) is 0.844. The summed E-state index contributed by atoms with van der Waals surface area (Å²) in [5.74, 6) is 1.42. The average Bonchev–Trinajstić information content (AvgIpc) is 2.39. The molecular weight excluding hydrogens is 232 g/mol. The molecule has 0 bridgehead atoms. The van der Waals surface area contributed by atoms with Crippen LogP contribution in [0.2, 0.25) is 0 Å². The number of thioether (sulfide) groups is 1. The van der Waals surface area contributed by atoms with Gasteiger partial charge in [-0.2, -0.15) is 0 Å². The van der Waals surface area contributed by atoms with Gasteiger partial charge in [-0.25, -0.2) is 4.98 Å². The first-order valence-electron chi connectivity index (χ1n) is 5.28. The molecule has 4 nitrogen and oxygen atoms in total. The highest BCUT2D eigenvalue weighted by molar-refractivity contribution is 7.98. The van der Waals surface area contributed by atoms with Crippen molar-refractivity contribution in [3.8, 4) is 11.3 Å². The fourth-order valence-electron chi connectivity index (χ4n) is 1.52. The summed E-state index contributed by atoms with van der Waals surface area (Å²) in [6, 6.07) is 8.21. The van der Waals surface area contributed by atoms with Crippen LogP contribution in [0.4, 0.5) is 5.82 Å². The molecule has 0 radical (unpaired) electrons. The molecule has 0 saturated heterocycles. The molecule has 1 aromatic heterocycles. The SMILES string of the molecule is CNc1nc(C)nnc1-c1ccc(SC)cc1. The van der Waals surface area contributed by atoms with Crippen LogP contribution in [0.1, 0.15) is 5.82 Å². The van der Waals surface area contributed by atoms with Crippen LogP contribution in [0.25, 0.3) is 11.3 Å². The number of nitrogens with zero attached hydrogens (tertiary/aromatic N) is 3. The molecule has 0 aliphatic rings. The smallest absolute Gasteiger partial charge is 0.156 e. The van der Waals surface area contributed by atoms with Gasteiger partial charge in [0, 0.05) is 17.5 Å². The maximum Gasteiger partial charge on any atom is 0.156 e. The third-order valence-electron chi connectivity index (χ3n) is 2.39. The molecule has 1 heterocycles. The summed E-state index contributed by atoms with van der Waals surface area (Å²) in [5, 5.41) is 11.2. The highest BCUT2D eigenvalue weighted by Gasteiger charge is 2.08. The minimum atomic E-state index is 0.666. The van der Waals surface area contributed by atoms with Crippen molar-refractivity contribution in [3.05, 3.63) is 30.1 Å². The van der Waals surface area contributed by atoms with E-state index in [-0.39, 0.29) is 0 Å². The van der Waals surface area contributed by atoms with Crippen LogP contribution in [0.15, 0.2) is 29.2 Å². The predicted molar refractivity (Wildman–Crippen MR) is 71.3 cm³/mol. The molecule has 2 aromatic rings. The van der Waals surface area contributed by atoms with Gasteiger partial charge in [-0.05, 0) is 25.3 Å². The van der Waals surface area contributed by atoms with E-state index in [4.69, 9.17) is 0 Å². The Hall–Kier alpha value is -1.62. The Bertz CT molecular complexity index is 510. The molecule has 2 rings (SSSR count). The zero-order valence-electron chi connectivity index (χ0n) is 10.1. The Morgan fingerprint density at radius 3 is 2.41 bits per heavy atom. The summed E-state index contributed by atoms with van der Waals surface area (Å²) in [6.07, 6.45) is 2.06. The molecule has 17 heavy (non-hydrogen) atoms. The lowest BCUT2D eigenvalue weighted by atomic mass is 10.1. The van der Waals surface area contributed by atoms with Crippen LogP contribution in [0.5, 0.6) is 0 Å². The minimum absolute atomic E-state index is 0.666. The van der Waals surface area contributed by atoms with E-state index in [1.165, 1.54) is 4.90 Å². The van der Waals surface area contributed by atoms with E-state index in [0.717, 1.165) is 17.1 Å². The number of aromatic nitrogens is 3. The van der Waals surface area contributed by atoms with Gasteiger partial charge >= 0.3 is 0 Å². The number of nitrogens with one attached hydrogen (secondary N) is 1. The molecule has 0 amide bonds. The summed E-state index contributed by atoms with van der Waals surface area (Å²) in [6.45, 7) is 1.83. The largest absolute Gasteiger partial charge is 0.371 e. The number of anilines is 1. The minimum Gasteiger partial charge on any atom is -0.371 e. The molecule has 0 spiro atoms. The number of hydrogen-bond donors (Lipinski definition) is 1. The van der Waals surface area contributed by atoms with E-state index in [2.05, 4.69) is 38.9 Å². The fraction of sp³-hybridized carbons (Fsp3) is 0.250. The second-order valence-corrected chi connectivity index (χ2v) is 4.41. The summed E-state index contributed by atoms with van der Waals surface area (Å²) in [4.78, 5) is 5.55.